The zero-order chi connectivity index (χ0) is 10.8. The van der Waals surface area contributed by atoms with E-state index >= 15 is 0 Å². The Morgan fingerprint density at radius 2 is 2.00 bits per heavy atom. The van der Waals surface area contributed by atoms with E-state index < -0.39 is 0 Å². The minimum Gasteiger partial charge on any atom is -0.395 e. The molecule has 2 fully saturated rings. The van der Waals surface area contributed by atoms with Gasteiger partial charge in [-0.15, -0.1) is 0 Å². The normalized spacial score (nSPS) is 25.6. The quantitative estimate of drug-likeness (QED) is 0.657. The summed E-state index contributed by atoms with van der Waals surface area (Å²) in [6, 6.07) is 0.386. The van der Waals surface area contributed by atoms with Crippen molar-refractivity contribution in [3.8, 4) is 0 Å². The third-order valence-corrected chi connectivity index (χ3v) is 3.86. The lowest BCUT2D eigenvalue weighted by atomic mass is 10.0. The molecule has 88 valence electrons. The van der Waals surface area contributed by atoms with E-state index in [4.69, 9.17) is 5.73 Å². The molecule has 0 aromatic heterocycles. The topological polar surface area (TPSA) is 49.5 Å². The van der Waals surface area contributed by atoms with Gasteiger partial charge in [-0.05, 0) is 44.1 Å². The van der Waals surface area contributed by atoms with Crippen LogP contribution in [-0.4, -0.2) is 41.8 Å². The van der Waals surface area contributed by atoms with Gasteiger partial charge in [-0.25, -0.2) is 0 Å². The molecule has 2 rings (SSSR count). The van der Waals surface area contributed by atoms with Gasteiger partial charge in [-0.3, -0.25) is 4.90 Å². The van der Waals surface area contributed by atoms with Crippen molar-refractivity contribution in [1.82, 2.24) is 4.90 Å². The molecule has 2 aliphatic rings. The fourth-order valence-electron chi connectivity index (χ4n) is 2.41. The highest BCUT2D eigenvalue weighted by Crippen LogP contribution is 2.35. The van der Waals surface area contributed by atoms with Gasteiger partial charge in [0.2, 0.25) is 0 Å². The van der Waals surface area contributed by atoms with Crippen LogP contribution in [0.5, 0.6) is 0 Å². The van der Waals surface area contributed by atoms with Crippen molar-refractivity contribution in [2.24, 2.45) is 17.6 Å². The van der Waals surface area contributed by atoms with Crippen LogP contribution < -0.4 is 5.73 Å². The lowest BCUT2D eigenvalue weighted by Gasteiger charge is -2.33. The minimum atomic E-state index is 0.189. The summed E-state index contributed by atoms with van der Waals surface area (Å²) >= 11 is 0. The van der Waals surface area contributed by atoms with E-state index in [1.165, 1.54) is 25.7 Å². The highest BCUT2D eigenvalue weighted by atomic mass is 16.3. The van der Waals surface area contributed by atoms with Crippen molar-refractivity contribution < 1.29 is 5.11 Å². The second-order valence-electron chi connectivity index (χ2n) is 5.20. The van der Waals surface area contributed by atoms with Gasteiger partial charge in [-0.1, -0.05) is 6.92 Å². The number of aliphatic hydroxyl groups is 1. The molecule has 0 heterocycles. The van der Waals surface area contributed by atoms with Crippen LogP contribution in [-0.2, 0) is 0 Å². The summed E-state index contributed by atoms with van der Waals surface area (Å²) in [5.41, 5.74) is 6.20. The third kappa shape index (κ3) is 2.92. The van der Waals surface area contributed by atoms with E-state index in [9.17, 15) is 5.11 Å². The van der Waals surface area contributed by atoms with Crippen LogP contribution in [0, 0.1) is 11.8 Å². The molecule has 3 heteroatoms. The maximum absolute atomic E-state index is 9.49. The summed E-state index contributed by atoms with van der Waals surface area (Å²) in [4.78, 5) is 2.39. The van der Waals surface area contributed by atoms with Crippen LogP contribution >= 0.6 is 0 Å². The molecule has 15 heavy (non-hydrogen) atoms. The Balaban J connectivity index is 1.88. The Kier molecular flexibility index (Phi) is 3.65. The van der Waals surface area contributed by atoms with Gasteiger partial charge in [0.1, 0.15) is 0 Å². The predicted molar refractivity (Wildman–Crippen MR) is 61.5 cm³/mol. The number of rotatable bonds is 7. The fraction of sp³-hybridized carbons (Fsp3) is 1.00. The van der Waals surface area contributed by atoms with Crippen molar-refractivity contribution in [3.05, 3.63) is 0 Å². The lowest BCUT2D eigenvalue weighted by molar-refractivity contribution is 0.0985. The molecule has 2 saturated carbocycles. The van der Waals surface area contributed by atoms with Crippen molar-refractivity contribution >= 4 is 0 Å². The van der Waals surface area contributed by atoms with Crippen LogP contribution in [0.25, 0.3) is 0 Å². The Morgan fingerprint density at radius 3 is 2.40 bits per heavy atom. The summed E-state index contributed by atoms with van der Waals surface area (Å²) in [5.74, 6) is 1.56. The number of likely N-dealkylation sites (N-methyl/N-ethyl adjacent to an activating group) is 1. The highest BCUT2D eigenvalue weighted by molar-refractivity contribution is 4.94. The Bertz CT molecular complexity index is 202. The molecule has 3 nitrogen and oxygen atoms in total. The molecule has 2 atom stereocenters. The highest BCUT2D eigenvalue weighted by Gasteiger charge is 2.37. The second-order valence-corrected chi connectivity index (χ2v) is 5.20. The molecule has 2 aliphatic carbocycles. The van der Waals surface area contributed by atoms with Crippen molar-refractivity contribution in [1.29, 1.82) is 0 Å². The van der Waals surface area contributed by atoms with Crippen molar-refractivity contribution in [2.75, 3.05) is 19.7 Å². The number of hydrogen-bond donors (Lipinski definition) is 2. The third-order valence-electron chi connectivity index (χ3n) is 3.86. The second kappa shape index (κ2) is 4.81. The van der Waals surface area contributed by atoms with Gasteiger partial charge in [0.15, 0.2) is 0 Å². The SMILES string of the molecule is CCN(CC1CC1)C(CO)C(N)C1CC1. The summed E-state index contributed by atoms with van der Waals surface area (Å²) in [6.45, 7) is 4.55. The molecule has 2 unspecified atom stereocenters. The molecule has 0 saturated heterocycles. The maximum atomic E-state index is 9.49. The van der Waals surface area contributed by atoms with E-state index in [1.54, 1.807) is 0 Å². The molecule has 0 aliphatic heterocycles. The zero-order valence-electron chi connectivity index (χ0n) is 9.73. The Morgan fingerprint density at radius 1 is 1.33 bits per heavy atom. The maximum Gasteiger partial charge on any atom is 0.0602 e. The summed E-state index contributed by atoms with van der Waals surface area (Å²) in [6.07, 6.45) is 5.26. The number of nitrogens with two attached hydrogens (primary N) is 1. The number of aliphatic hydroxyl groups excluding tert-OH is 1. The van der Waals surface area contributed by atoms with Crippen LogP contribution in [0.2, 0.25) is 0 Å². The first-order valence-electron chi connectivity index (χ1n) is 6.36. The molecule has 0 radical (unpaired) electrons. The standard InChI is InChI=1S/C12H24N2O/c1-2-14(7-9-3-4-9)11(8-15)12(13)10-5-6-10/h9-12,15H,2-8,13H2,1H3. The molecule has 0 aromatic carbocycles. The van der Waals surface area contributed by atoms with E-state index in [-0.39, 0.29) is 18.7 Å². The molecule has 0 spiro atoms. The average Bonchev–Trinajstić information content (AvgIpc) is 3.09. The van der Waals surface area contributed by atoms with Gasteiger partial charge in [0.05, 0.1) is 6.61 Å². The molecule has 3 N–H and O–H groups in total. The Labute approximate surface area is 92.6 Å². The van der Waals surface area contributed by atoms with E-state index in [1.807, 2.05) is 0 Å². The van der Waals surface area contributed by atoms with E-state index in [0.717, 1.165) is 19.0 Å². The first-order chi connectivity index (χ1) is 7.26. The van der Waals surface area contributed by atoms with Crippen LogP contribution in [0.1, 0.15) is 32.6 Å². The average molecular weight is 212 g/mol. The summed E-state index contributed by atoms with van der Waals surface area (Å²) in [5, 5.41) is 9.49. The molecule has 0 amide bonds. The first kappa shape index (κ1) is 11.4. The molecule has 0 bridgehead atoms. The first-order valence-corrected chi connectivity index (χ1v) is 6.36. The van der Waals surface area contributed by atoms with Gasteiger partial charge >= 0.3 is 0 Å². The molecule has 0 aromatic rings. The van der Waals surface area contributed by atoms with Gasteiger partial charge < -0.3 is 10.8 Å². The molecular formula is C12H24N2O. The van der Waals surface area contributed by atoms with Crippen molar-refractivity contribution in [3.63, 3.8) is 0 Å². The van der Waals surface area contributed by atoms with Crippen LogP contribution in [0.3, 0.4) is 0 Å². The van der Waals surface area contributed by atoms with E-state index in [0.29, 0.717) is 5.92 Å². The van der Waals surface area contributed by atoms with Gasteiger partial charge in [0, 0.05) is 18.6 Å². The largest absolute Gasteiger partial charge is 0.395 e. The lowest BCUT2D eigenvalue weighted by Crippen LogP contribution is -2.51. The zero-order valence-corrected chi connectivity index (χ0v) is 9.73. The van der Waals surface area contributed by atoms with Gasteiger partial charge in [-0.2, -0.15) is 0 Å². The van der Waals surface area contributed by atoms with Gasteiger partial charge in [0.25, 0.3) is 0 Å². The fourth-order valence-corrected chi connectivity index (χ4v) is 2.41. The number of hydrogen-bond acceptors (Lipinski definition) is 3. The summed E-state index contributed by atoms with van der Waals surface area (Å²) < 4.78 is 0. The number of nitrogens with zero attached hydrogens (tertiary/aromatic N) is 1. The smallest absolute Gasteiger partial charge is 0.0602 e. The van der Waals surface area contributed by atoms with Crippen LogP contribution in [0.15, 0.2) is 0 Å². The monoisotopic (exact) mass is 212 g/mol. The predicted octanol–water partition coefficient (Wildman–Crippen LogP) is 0.817. The summed E-state index contributed by atoms with van der Waals surface area (Å²) in [7, 11) is 0. The minimum absolute atomic E-state index is 0.189. The molecular weight excluding hydrogens is 188 g/mol. The van der Waals surface area contributed by atoms with Crippen molar-refractivity contribution in [2.45, 2.75) is 44.7 Å². The Hall–Kier alpha value is -0.120. The van der Waals surface area contributed by atoms with E-state index in [2.05, 4.69) is 11.8 Å². The van der Waals surface area contributed by atoms with Crippen LogP contribution in [0.4, 0.5) is 0 Å².